The van der Waals surface area contributed by atoms with Crippen LogP contribution in [0.15, 0.2) is 65.7 Å². The summed E-state index contributed by atoms with van der Waals surface area (Å²) in [4.78, 5) is 17.3. The summed E-state index contributed by atoms with van der Waals surface area (Å²) < 4.78 is 24.1. The molecule has 0 aliphatic rings. The quantitative estimate of drug-likeness (QED) is 0.641. The predicted molar refractivity (Wildman–Crippen MR) is 82.5 cm³/mol. The van der Waals surface area contributed by atoms with Gasteiger partial charge in [0, 0.05) is 17.1 Å². The Morgan fingerprint density at radius 3 is 2.41 bits per heavy atom. The SMILES string of the molecule is O=C(NNS(=O)(=O)c1ccccc1)c1c[nH]c2ccccc12. The highest BCUT2D eigenvalue weighted by molar-refractivity contribution is 7.89. The number of rotatable bonds is 4. The third-order valence-electron chi connectivity index (χ3n) is 3.19. The highest BCUT2D eigenvalue weighted by Crippen LogP contribution is 2.17. The number of amides is 1. The molecule has 3 rings (SSSR count). The Balaban J connectivity index is 1.78. The monoisotopic (exact) mass is 315 g/mol. The van der Waals surface area contributed by atoms with E-state index in [0.717, 1.165) is 10.9 Å². The number of aromatic nitrogens is 1. The second-order valence-electron chi connectivity index (χ2n) is 4.62. The van der Waals surface area contributed by atoms with Crippen molar-refractivity contribution in [2.24, 2.45) is 0 Å². The molecule has 2 aromatic carbocycles. The van der Waals surface area contributed by atoms with E-state index < -0.39 is 15.9 Å². The maximum atomic E-state index is 12.1. The van der Waals surface area contributed by atoms with Crippen LogP contribution in [-0.4, -0.2) is 19.3 Å². The third-order valence-corrected chi connectivity index (χ3v) is 4.45. The number of para-hydroxylation sites is 1. The number of sulfonamides is 1. The van der Waals surface area contributed by atoms with Crippen molar-refractivity contribution in [2.45, 2.75) is 4.90 Å². The largest absolute Gasteiger partial charge is 0.360 e. The summed E-state index contributed by atoms with van der Waals surface area (Å²) >= 11 is 0. The molecule has 112 valence electrons. The Morgan fingerprint density at radius 2 is 1.64 bits per heavy atom. The van der Waals surface area contributed by atoms with Crippen molar-refractivity contribution >= 4 is 26.8 Å². The number of hydrogen-bond acceptors (Lipinski definition) is 3. The summed E-state index contributed by atoms with van der Waals surface area (Å²) in [5.41, 5.74) is 3.39. The van der Waals surface area contributed by atoms with E-state index in [9.17, 15) is 13.2 Å². The molecule has 1 amide bonds. The lowest BCUT2D eigenvalue weighted by atomic mass is 10.2. The Labute approximate surface area is 127 Å². The van der Waals surface area contributed by atoms with Gasteiger partial charge in [0.1, 0.15) is 0 Å². The summed E-state index contributed by atoms with van der Waals surface area (Å²) in [5.74, 6) is -0.531. The average Bonchev–Trinajstić information content (AvgIpc) is 2.98. The molecule has 6 nitrogen and oxygen atoms in total. The lowest BCUT2D eigenvalue weighted by Crippen LogP contribution is -2.41. The first-order valence-corrected chi connectivity index (χ1v) is 7.99. The number of hydrogen-bond donors (Lipinski definition) is 3. The van der Waals surface area contributed by atoms with Gasteiger partial charge in [-0.2, -0.15) is 0 Å². The van der Waals surface area contributed by atoms with Gasteiger partial charge in [-0.05, 0) is 18.2 Å². The van der Waals surface area contributed by atoms with Gasteiger partial charge in [-0.15, -0.1) is 4.83 Å². The Morgan fingerprint density at radius 1 is 0.955 bits per heavy atom. The fraction of sp³-hybridized carbons (Fsp3) is 0. The minimum absolute atomic E-state index is 0.0780. The van der Waals surface area contributed by atoms with Crippen LogP contribution < -0.4 is 10.3 Å². The van der Waals surface area contributed by atoms with Crippen molar-refractivity contribution < 1.29 is 13.2 Å². The number of carbonyl (C=O) groups excluding carboxylic acids is 1. The molecule has 1 aromatic heterocycles. The second kappa shape index (κ2) is 5.63. The molecule has 0 bridgehead atoms. The normalized spacial score (nSPS) is 11.5. The van der Waals surface area contributed by atoms with Gasteiger partial charge in [-0.25, -0.2) is 8.42 Å². The Bertz CT molecular complexity index is 917. The molecule has 0 fully saturated rings. The summed E-state index contributed by atoms with van der Waals surface area (Å²) in [6.45, 7) is 0. The first-order chi connectivity index (χ1) is 10.6. The van der Waals surface area contributed by atoms with Gasteiger partial charge in [0.25, 0.3) is 15.9 Å². The number of fused-ring (bicyclic) bond motifs is 1. The van der Waals surface area contributed by atoms with E-state index in [1.54, 1.807) is 30.3 Å². The molecule has 0 aliphatic heterocycles. The molecule has 0 atom stereocenters. The zero-order chi connectivity index (χ0) is 15.6. The van der Waals surface area contributed by atoms with Crippen LogP contribution >= 0.6 is 0 Å². The number of hydrazine groups is 1. The number of nitrogens with one attached hydrogen (secondary N) is 3. The fourth-order valence-electron chi connectivity index (χ4n) is 2.10. The maximum absolute atomic E-state index is 12.1. The van der Waals surface area contributed by atoms with Crippen molar-refractivity contribution in [3.8, 4) is 0 Å². The van der Waals surface area contributed by atoms with Crippen molar-refractivity contribution in [3.63, 3.8) is 0 Å². The van der Waals surface area contributed by atoms with Crippen LogP contribution in [0.2, 0.25) is 0 Å². The van der Waals surface area contributed by atoms with Crippen LogP contribution in [0.3, 0.4) is 0 Å². The van der Waals surface area contributed by atoms with Crippen LogP contribution in [0.4, 0.5) is 0 Å². The highest BCUT2D eigenvalue weighted by Gasteiger charge is 2.16. The third kappa shape index (κ3) is 2.72. The fourth-order valence-corrected chi connectivity index (χ4v) is 2.96. The molecule has 3 N–H and O–H groups in total. The maximum Gasteiger partial charge on any atom is 0.268 e. The van der Waals surface area contributed by atoms with Gasteiger partial charge in [0.2, 0.25) is 0 Å². The number of aromatic amines is 1. The zero-order valence-electron chi connectivity index (χ0n) is 11.4. The smallest absolute Gasteiger partial charge is 0.268 e. The molecule has 7 heteroatoms. The van der Waals surface area contributed by atoms with Crippen molar-refractivity contribution in [2.75, 3.05) is 0 Å². The van der Waals surface area contributed by atoms with Crippen LogP contribution in [0, 0.1) is 0 Å². The second-order valence-corrected chi connectivity index (χ2v) is 6.30. The highest BCUT2D eigenvalue weighted by atomic mass is 32.2. The van der Waals surface area contributed by atoms with Crippen molar-refractivity contribution in [1.29, 1.82) is 0 Å². The van der Waals surface area contributed by atoms with E-state index in [0.29, 0.717) is 5.56 Å². The molecule has 0 spiro atoms. The minimum atomic E-state index is -3.79. The van der Waals surface area contributed by atoms with Gasteiger partial charge in [0.05, 0.1) is 10.5 Å². The van der Waals surface area contributed by atoms with Gasteiger partial charge in [0.15, 0.2) is 0 Å². The molecule has 0 saturated heterocycles. The molecule has 22 heavy (non-hydrogen) atoms. The summed E-state index contributed by atoms with van der Waals surface area (Å²) in [5, 5.41) is 0.721. The van der Waals surface area contributed by atoms with Crippen molar-refractivity contribution in [1.82, 2.24) is 15.2 Å². The lowest BCUT2D eigenvalue weighted by Gasteiger charge is -2.07. The molecule has 1 heterocycles. The number of benzene rings is 2. The van der Waals surface area contributed by atoms with E-state index in [4.69, 9.17) is 0 Å². The molecule has 0 saturated carbocycles. The van der Waals surface area contributed by atoms with E-state index in [2.05, 4.69) is 15.2 Å². The zero-order valence-corrected chi connectivity index (χ0v) is 12.2. The molecule has 0 unspecified atom stereocenters. The first kappa shape index (κ1) is 14.3. The Hall–Kier alpha value is -2.64. The van der Waals surface area contributed by atoms with Crippen LogP contribution in [0.25, 0.3) is 10.9 Å². The molecule has 3 aromatic rings. The average molecular weight is 315 g/mol. The molecule has 0 radical (unpaired) electrons. The molecular formula is C15H13N3O3S. The summed E-state index contributed by atoms with van der Waals surface area (Å²) in [7, 11) is -3.79. The lowest BCUT2D eigenvalue weighted by molar-refractivity contribution is 0.0947. The summed E-state index contributed by atoms with van der Waals surface area (Å²) in [6.07, 6.45) is 1.54. The van der Waals surface area contributed by atoms with Crippen LogP contribution in [-0.2, 0) is 10.0 Å². The van der Waals surface area contributed by atoms with Crippen LogP contribution in [0.1, 0.15) is 10.4 Å². The van der Waals surface area contributed by atoms with Gasteiger partial charge < -0.3 is 4.98 Å². The van der Waals surface area contributed by atoms with E-state index >= 15 is 0 Å². The number of H-pyrrole nitrogens is 1. The topological polar surface area (TPSA) is 91.1 Å². The van der Waals surface area contributed by atoms with E-state index in [1.807, 2.05) is 12.1 Å². The molecular weight excluding hydrogens is 302 g/mol. The molecule has 0 aliphatic carbocycles. The predicted octanol–water partition coefficient (Wildman–Crippen LogP) is 1.79. The van der Waals surface area contributed by atoms with E-state index in [-0.39, 0.29) is 4.90 Å². The van der Waals surface area contributed by atoms with Crippen molar-refractivity contribution in [3.05, 3.63) is 66.4 Å². The Kier molecular flexibility index (Phi) is 3.66. The van der Waals surface area contributed by atoms with E-state index in [1.165, 1.54) is 18.3 Å². The van der Waals surface area contributed by atoms with Gasteiger partial charge in [-0.3, -0.25) is 10.2 Å². The number of carbonyl (C=O) groups is 1. The standard InChI is InChI=1S/C15H13N3O3S/c19-15(13-10-16-14-9-5-4-8-12(13)14)17-18-22(20,21)11-6-2-1-3-7-11/h1-10,16,18H,(H,17,19). The minimum Gasteiger partial charge on any atom is -0.360 e. The van der Waals surface area contributed by atoms with Gasteiger partial charge >= 0.3 is 0 Å². The van der Waals surface area contributed by atoms with Crippen LogP contribution in [0.5, 0.6) is 0 Å². The summed E-state index contributed by atoms with van der Waals surface area (Å²) in [6, 6.07) is 15.1. The first-order valence-electron chi connectivity index (χ1n) is 6.51. The van der Waals surface area contributed by atoms with Gasteiger partial charge in [-0.1, -0.05) is 36.4 Å².